The second-order valence-electron chi connectivity index (χ2n) is 5.83. The molecule has 0 aliphatic carbocycles. The van der Waals surface area contributed by atoms with Gasteiger partial charge in [0.15, 0.2) is 7.05 Å². The Morgan fingerprint density at radius 3 is 2.33 bits per heavy atom. The van der Waals surface area contributed by atoms with Crippen molar-refractivity contribution in [1.29, 1.82) is 5.26 Å². The molecule has 10 heteroatoms. The van der Waals surface area contributed by atoms with Crippen LogP contribution in [-0.2, 0) is 20.3 Å². The summed E-state index contributed by atoms with van der Waals surface area (Å²) < 4.78 is 52.1. The van der Waals surface area contributed by atoms with E-state index in [4.69, 9.17) is 9.47 Å². The van der Waals surface area contributed by atoms with E-state index < -0.39 is 11.9 Å². The minimum absolute atomic E-state index is 0.130. The van der Waals surface area contributed by atoms with Crippen LogP contribution in [-0.4, -0.2) is 14.9 Å². The van der Waals surface area contributed by atoms with Crippen molar-refractivity contribution in [2.24, 2.45) is 14.1 Å². The largest absolute Gasteiger partial charge is 0.437 e. The Balaban J connectivity index is 1.90. The van der Waals surface area contributed by atoms with Gasteiger partial charge in [0.05, 0.1) is 23.4 Å². The fourth-order valence-electron chi connectivity index (χ4n) is 2.48. The molecule has 27 heavy (non-hydrogen) atoms. The molecule has 0 bridgehead atoms. The van der Waals surface area contributed by atoms with Crippen molar-refractivity contribution < 1.29 is 27.3 Å². The zero-order chi connectivity index (χ0) is 19.8. The average Bonchev–Trinajstić information content (AvgIpc) is 3.08. The van der Waals surface area contributed by atoms with Gasteiger partial charge in [0.1, 0.15) is 17.2 Å². The summed E-state index contributed by atoms with van der Waals surface area (Å²) in [5, 5.41) is 15.9. The summed E-state index contributed by atoms with van der Waals surface area (Å²) in [6.07, 6.45) is -4.55. The maximum Gasteiger partial charge on any atom is 0.433 e. The normalized spacial score (nSPS) is 11.3. The van der Waals surface area contributed by atoms with Crippen molar-refractivity contribution in [3.05, 3.63) is 47.3 Å². The molecule has 0 aliphatic rings. The van der Waals surface area contributed by atoms with E-state index in [9.17, 15) is 18.4 Å². The molecule has 2 aromatic heterocycles. The second-order valence-corrected chi connectivity index (χ2v) is 5.83. The van der Waals surface area contributed by atoms with E-state index in [1.807, 2.05) is 13.0 Å². The number of alkyl halides is 3. The molecule has 3 aromatic rings. The van der Waals surface area contributed by atoms with Crippen molar-refractivity contribution in [2.75, 3.05) is 0 Å². The van der Waals surface area contributed by atoms with E-state index in [-0.39, 0.29) is 17.2 Å². The fraction of sp³-hybridized carbons (Fsp3) is 0.235. The Kier molecular flexibility index (Phi) is 4.53. The fourth-order valence-corrected chi connectivity index (χ4v) is 2.48. The predicted molar refractivity (Wildman–Crippen MR) is 86.2 cm³/mol. The van der Waals surface area contributed by atoms with Crippen LogP contribution in [0.2, 0.25) is 0 Å². The van der Waals surface area contributed by atoms with Crippen molar-refractivity contribution >= 4 is 0 Å². The number of aromatic amines is 1. The Labute approximate surface area is 152 Å². The SMILES string of the molecule is Cc1cc(Oc2cc(C#N)cc(Oc3cc(C(F)(F)F)n(C)n3)c2)[n+](C)[nH]1. The Morgan fingerprint density at radius 1 is 1.15 bits per heavy atom. The molecule has 3 rings (SSSR count). The van der Waals surface area contributed by atoms with Gasteiger partial charge in [0.2, 0.25) is 5.88 Å². The smallest absolute Gasteiger partial charge is 0.433 e. The number of hydrogen-bond acceptors (Lipinski definition) is 4. The Hall–Kier alpha value is -3.48. The summed E-state index contributed by atoms with van der Waals surface area (Å²) in [6, 6.07) is 8.85. The number of rotatable bonds is 4. The Bertz CT molecular complexity index is 1030. The van der Waals surface area contributed by atoms with Crippen LogP contribution in [0.4, 0.5) is 13.2 Å². The molecule has 0 saturated carbocycles. The van der Waals surface area contributed by atoms with Gasteiger partial charge in [-0.1, -0.05) is 4.68 Å². The Morgan fingerprint density at radius 2 is 1.81 bits per heavy atom. The highest BCUT2D eigenvalue weighted by Gasteiger charge is 2.35. The van der Waals surface area contributed by atoms with Crippen molar-refractivity contribution in [3.8, 4) is 29.3 Å². The molecule has 7 nitrogen and oxygen atoms in total. The van der Waals surface area contributed by atoms with Crippen molar-refractivity contribution in [2.45, 2.75) is 13.1 Å². The number of nitrogens with zero attached hydrogens (tertiary/aromatic N) is 4. The number of ether oxygens (including phenoxy) is 2. The third-order valence-electron chi connectivity index (χ3n) is 3.62. The molecule has 0 atom stereocenters. The monoisotopic (exact) mass is 378 g/mol. The summed E-state index contributed by atoms with van der Waals surface area (Å²) in [7, 11) is 2.92. The molecule has 0 radical (unpaired) electrons. The van der Waals surface area contributed by atoms with E-state index in [0.717, 1.165) is 11.8 Å². The first-order valence-corrected chi connectivity index (χ1v) is 7.73. The molecule has 0 amide bonds. The number of halogens is 3. The first-order chi connectivity index (χ1) is 12.7. The maximum absolute atomic E-state index is 12.9. The van der Waals surface area contributed by atoms with E-state index in [2.05, 4.69) is 10.2 Å². The lowest BCUT2D eigenvalue weighted by atomic mass is 10.2. The number of aryl methyl sites for hydroxylation is 3. The van der Waals surface area contributed by atoms with Crippen LogP contribution in [0.25, 0.3) is 0 Å². The zero-order valence-corrected chi connectivity index (χ0v) is 14.6. The molecule has 0 fully saturated rings. The quantitative estimate of drug-likeness (QED) is 0.706. The van der Waals surface area contributed by atoms with E-state index in [1.54, 1.807) is 17.8 Å². The molecule has 0 saturated heterocycles. The molecule has 1 N–H and O–H groups in total. The predicted octanol–water partition coefficient (Wildman–Crippen LogP) is 3.36. The van der Waals surface area contributed by atoms with Crippen LogP contribution >= 0.6 is 0 Å². The molecule has 140 valence electrons. The minimum atomic E-state index is -4.55. The lowest BCUT2D eigenvalue weighted by molar-refractivity contribution is -0.730. The summed E-state index contributed by atoms with van der Waals surface area (Å²) >= 11 is 0. The highest BCUT2D eigenvalue weighted by atomic mass is 19.4. The second kappa shape index (κ2) is 6.68. The van der Waals surface area contributed by atoms with Crippen LogP contribution in [0.1, 0.15) is 17.0 Å². The van der Waals surface area contributed by atoms with Crippen LogP contribution in [0, 0.1) is 18.3 Å². The molecule has 0 spiro atoms. The van der Waals surface area contributed by atoms with Crippen LogP contribution < -0.4 is 14.2 Å². The van der Waals surface area contributed by atoms with Gasteiger partial charge >= 0.3 is 12.1 Å². The van der Waals surface area contributed by atoms with Gasteiger partial charge in [0.25, 0.3) is 0 Å². The first-order valence-electron chi connectivity index (χ1n) is 7.73. The number of benzene rings is 1. The van der Waals surface area contributed by atoms with E-state index >= 15 is 0 Å². The molecular formula is C17H15F3N5O2+. The van der Waals surface area contributed by atoms with Gasteiger partial charge in [-0.15, -0.1) is 5.10 Å². The molecule has 1 aromatic carbocycles. The van der Waals surface area contributed by atoms with Gasteiger partial charge in [-0.25, -0.2) is 0 Å². The first kappa shape index (κ1) is 18.3. The highest BCUT2D eigenvalue weighted by molar-refractivity contribution is 5.45. The van der Waals surface area contributed by atoms with Gasteiger partial charge in [-0.05, 0) is 19.1 Å². The lowest BCUT2D eigenvalue weighted by Gasteiger charge is -2.06. The topological polar surface area (TPSA) is 79.7 Å². The minimum Gasteiger partial charge on any atom is -0.437 e. The standard InChI is InChI=1S/C17H14F3N5O2/c1-10-4-16(25(3)22-10)27-13-6-11(9-21)5-12(7-13)26-15-8-14(17(18,19)20)24(2)23-15/h4-8H,1-3H3/p+1. The highest BCUT2D eigenvalue weighted by Crippen LogP contribution is 2.33. The molecule has 2 heterocycles. The average molecular weight is 378 g/mol. The van der Waals surface area contributed by atoms with Gasteiger partial charge < -0.3 is 9.47 Å². The van der Waals surface area contributed by atoms with Gasteiger partial charge in [-0.3, -0.25) is 4.68 Å². The molecule has 0 aliphatic heterocycles. The number of hydrogen-bond donors (Lipinski definition) is 1. The number of nitrogens with one attached hydrogen (secondary N) is 1. The molecule has 0 unspecified atom stereocenters. The van der Waals surface area contributed by atoms with Crippen LogP contribution in [0.5, 0.6) is 23.3 Å². The summed E-state index contributed by atoms with van der Waals surface area (Å²) in [4.78, 5) is 0. The van der Waals surface area contributed by atoms with Gasteiger partial charge in [0, 0.05) is 19.2 Å². The summed E-state index contributed by atoms with van der Waals surface area (Å²) in [6.45, 7) is 1.85. The van der Waals surface area contributed by atoms with E-state index in [0.29, 0.717) is 16.3 Å². The lowest BCUT2D eigenvalue weighted by Crippen LogP contribution is -2.31. The number of H-pyrrole nitrogens is 1. The third-order valence-corrected chi connectivity index (χ3v) is 3.62. The zero-order valence-electron chi connectivity index (χ0n) is 14.6. The van der Waals surface area contributed by atoms with Gasteiger partial charge in [-0.2, -0.15) is 23.5 Å². The van der Waals surface area contributed by atoms with E-state index in [1.165, 1.54) is 25.2 Å². The molecular weight excluding hydrogens is 363 g/mol. The summed E-state index contributed by atoms with van der Waals surface area (Å²) in [5.41, 5.74) is 0.151. The van der Waals surface area contributed by atoms with Crippen molar-refractivity contribution in [3.63, 3.8) is 0 Å². The maximum atomic E-state index is 12.9. The number of nitriles is 1. The van der Waals surface area contributed by atoms with Crippen molar-refractivity contribution in [1.82, 2.24) is 14.9 Å². The third kappa shape index (κ3) is 4.03. The van der Waals surface area contributed by atoms with Crippen LogP contribution in [0.3, 0.4) is 0 Å². The summed E-state index contributed by atoms with van der Waals surface area (Å²) in [5.74, 6) is 0.677. The number of aromatic nitrogens is 4. The van der Waals surface area contributed by atoms with Crippen LogP contribution in [0.15, 0.2) is 30.3 Å².